The molecule has 0 aliphatic heterocycles. The van der Waals surface area contributed by atoms with E-state index in [-0.39, 0.29) is 0 Å². The monoisotopic (exact) mass is 193 g/mol. The van der Waals surface area contributed by atoms with E-state index in [2.05, 4.69) is 31.0 Å². The van der Waals surface area contributed by atoms with E-state index in [1.165, 1.54) is 19.3 Å². The summed E-state index contributed by atoms with van der Waals surface area (Å²) in [6.45, 7) is 7.67. The van der Waals surface area contributed by atoms with Crippen LogP contribution in [0.15, 0.2) is 0 Å². The Hall–Kier alpha value is -0.480. The molecule has 1 aliphatic rings. The van der Waals surface area contributed by atoms with Crippen molar-refractivity contribution in [1.29, 1.82) is 0 Å². The predicted molar refractivity (Wildman–Crippen MR) is 62.0 cm³/mol. The minimum Gasteiger partial charge on any atom is -0.313 e. The molecule has 1 N–H and O–H groups in total. The predicted octanol–water partition coefficient (Wildman–Crippen LogP) is 2.81. The van der Waals surface area contributed by atoms with Crippen molar-refractivity contribution in [1.82, 2.24) is 5.32 Å². The van der Waals surface area contributed by atoms with Crippen molar-refractivity contribution in [2.75, 3.05) is 6.54 Å². The molecule has 80 valence electrons. The highest BCUT2D eigenvalue weighted by atomic mass is 14.9. The molecule has 3 unspecified atom stereocenters. The number of nitrogens with one attached hydrogen (secondary N) is 1. The summed E-state index contributed by atoms with van der Waals surface area (Å²) in [7, 11) is 0. The van der Waals surface area contributed by atoms with Crippen LogP contribution in [0.1, 0.15) is 46.5 Å². The van der Waals surface area contributed by atoms with E-state index >= 15 is 0 Å². The zero-order valence-corrected chi connectivity index (χ0v) is 9.77. The lowest BCUT2D eigenvalue weighted by atomic mass is 9.93. The molecule has 0 aromatic heterocycles. The van der Waals surface area contributed by atoms with Gasteiger partial charge in [0.25, 0.3) is 0 Å². The average molecular weight is 193 g/mol. The van der Waals surface area contributed by atoms with E-state index < -0.39 is 0 Å². The molecule has 0 aromatic rings. The molecular weight excluding hydrogens is 170 g/mol. The summed E-state index contributed by atoms with van der Waals surface area (Å²) in [6.07, 6.45) is 5.11. The molecule has 3 atom stereocenters. The average Bonchev–Trinajstić information content (AvgIpc) is 2.55. The van der Waals surface area contributed by atoms with Crippen LogP contribution in [0.3, 0.4) is 0 Å². The third kappa shape index (κ3) is 3.03. The lowest BCUT2D eigenvalue weighted by molar-refractivity contribution is 0.347. The van der Waals surface area contributed by atoms with Crippen LogP contribution >= 0.6 is 0 Å². The van der Waals surface area contributed by atoms with E-state index in [0.717, 1.165) is 30.8 Å². The number of hydrogen-bond acceptors (Lipinski definition) is 1. The Bertz CT molecular complexity index is 211. The van der Waals surface area contributed by atoms with Crippen molar-refractivity contribution in [2.45, 2.75) is 52.5 Å². The van der Waals surface area contributed by atoms with Gasteiger partial charge in [-0.15, -0.1) is 11.8 Å². The van der Waals surface area contributed by atoms with Crippen LogP contribution in [0.5, 0.6) is 0 Å². The Balaban J connectivity index is 2.21. The molecule has 1 nitrogen and oxygen atoms in total. The van der Waals surface area contributed by atoms with Crippen molar-refractivity contribution < 1.29 is 0 Å². The summed E-state index contributed by atoms with van der Waals surface area (Å²) in [4.78, 5) is 0. The Morgan fingerprint density at radius 2 is 2.14 bits per heavy atom. The SMILES string of the molecule is CC#CCCNC1CCC(CC)C1C. The highest BCUT2D eigenvalue weighted by Crippen LogP contribution is 2.33. The molecule has 0 aromatic carbocycles. The van der Waals surface area contributed by atoms with Crippen LogP contribution in [-0.4, -0.2) is 12.6 Å². The smallest absolute Gasteiger partial charge is 0.0214 e. The molecule has 1 rings (SSSR count). The van der Waals surface area contributed by atoms with Crippen LogP contribution in [-0.2, 0) is 0 Å². The Kier molecular flexibility index (Phi) is 5.04. The fourth-order valence-electron chi connectivity index (χ4n) is 2.56. The molecular formula is C13H23N. The molecule has 0 amide bonds. The fraction of sp³-hybridized carbons (Fsp3) is 0.846. The fourth-order valence-corrected chi connectivity index (χ4v) is 2.56. The van der Waals surface area contributed by atoms with Crippen LogP contribution in [0, 0.1) is 23.7 Å². The Morgan fingerprint density at radius 1 is 1.36 bits per heavy atom. The lowest BCUT2D eigenvalue weighted by Crippen LogP contribution is -2.33. The molecule has 0 spiro atoms. The molecule has 0 heterocycles. The first kappa shape index (κ1) is 11.6. The van der Waals surface area contributed by atoms with Gasteiger partial charge >= 0.3 is 0 Å². The van der Waals surface area contributed by atoms with E-state index in [4.69, 9.17) is 0 Å². The number of hydrogen-bond donors (Lipinski definition) is 1. The maximum Gasteiger partial charge on any atom is 0.0214 e. The molecule has 1 aliphatic carbocycles. The Labute approximate surface area is 88.7 Å². The quantitative estimate of drug-likeness (QED) is 0.535. The van der Waals surface area contributed by atoms with Gasteiger partial charge in [-0.2, -0.15) is 0 Å². The molecule has 1 fully saturated rings. The largest absolute Gasteiger partial charge is 0.313 e. The van der Waals surface area contributed by atoms with Crippen LogP contribution in [0.2, 0.25) is 0 Å². The van der Waals surface area contributed by atoms with Gasteiger partial charge in [0.1, 0.15) is 0 Å². The van der Waals surface area contributed by atoms with E-state index in [0.29, 0.717) is 0 Å². The topological polar surface area (TPSA) is 12.0 Å². The normalized spacial score (nSPS) is 31.2. The van der Waals surface area contributed by atoms with Crippen LogP contribution < -0.4 is 5.32 Å². The highest BCUT2D eigenvalue weighted by Gasteiger charge is 2.30. The molecule has 0 radical (unpaired) electrons. The van der Waals surface area contributed by atoms with E-state index in [1.807, 2.05) is 6.92 Å². The van der Waals surface area contributed by atoms with Crippen LogP contribution in [0.25, 0.3) is 0 Å². The zero-order chi connectivity index (χ0) is 10.4. The van der Waals surface area contributed by atoms with Gasteiger partial charge in [0, 0.05) is 19.0 Å². The first-order valence-electron chi connectivity index (χ1n) is 5.92. The molecule has 1 saturated carbocycles. The summed E-state index contributed by atoms with van der Waals surface area (Å²) in [5, 5.41) is 3.63. The summed E-state index contributed by atoms with van der Waals surface area (Å²) < 4.78 is 0. The third-order valence-electron chi connectivity index (χ3n) is 3.58. The summed E-state index contributed by atoms with van der Waals surface area (Å²) >= 11 is 0. The third-order valence-corrected chi connectivity index (χ3v) is 3.58. The maximum absolute atomic E-state index is 3.63. The second-order valence-corrected chi connectivity index (χ2v) is 4.34. The van der Waals surface area contributed by atoms with Crippen molar-refractivity contribution in [3.63, 3.8) is 0 Å². The highest BCUT2D eigenvalue weighted by molar-refractivity contribution is 4.96. The van der Waals surface area contributed by atoms with Gasteiger partial charge in [-0.25, -0.2) is 0 Å². The Morgan fingerprint density at radius 3 is 2.71 bits per heavy atom. The summed E-state index contributed by atoms with van der Waals surface area (Å²) in [5.74, 6) is 7.84. The number of rotatable bonds is 4. The summed E-state index contributed by atoms with van der Waals surface area (Å²) in [6, 6.07) is 0.749. The first-order chi connectivity index (χ1) is 6.79. The van der Waals surface area contributed by atoms with Gasteiger partial charge in [-0.3, -0.25) is 0 Å². The summed E-state index contributed by atoms with van der Waals surface area (Å²) in [5.41, 5.74) is 0. The van der Waals surface area contributed by atoms with Crippen molar-refractivity contribution in [2.24, 2.45) is 11.8 Å². The van der Waals surface area contributed by atoms with Crippen molar-refractivity contribution in [3.8, 4) is 11.8 Å². The van der Waals surface area contributed by atoms with Gasteiger partial charge in [-0.05, 0) is 31.6 Å². The molecule has 1 heteroatoms. The van der Waals surface area contributed by atoms with Gasteiger partial charge in [0.2, 0.25) is 0 Å². The zero-order valence-electron chi connectivity index (χ0n) is 9.77. The standard InChI is InChI=1S/C13H23N/c1-4-6-7-10-14-13-9-8-12(5-2)11(13)3/h11-14H,5,7-10H2,1-3H3. The molecule has 0 saturated heterocycles. The van der Waals surface area contributed by atoms with E-state index in [9.17, 15) is 0 Å². The van der Waals surface area contributed by atoms with Crippen molar-refractivity contribution in [3.05, 3.63) is 0 Å². The van der Waals surface area contributed by atoms with Gasteiger partial charge in [0.15, 0.2) is 0 Å². The van der Waals surface area contributed by atoms with Gasteiger partial charge < -0.3 is 5.32 Å². The molecule has 14 heavy (non-hydrogen) atoms. The van der Waals surface area contributed by atoms with Gasteiger partial charge in [-0.1, -0.05) is 20.3 Å². The second kappa shape index (κ2) is 6.09. The second-order valence-electron chi connectivity index (χ2n) is 4.34. The first-order valence-corrected chi connectivity index (χ1v) is 5.92. The minimum absolute atomic E-state index is 0.749. The van der Waals surface area contributed by atoms with E-state index in [1.54, 1.807) is 0 Å². The van der Waals surface area contributed by atoms with Gasteiger partial charge in [0.05, 0.1) is 0 Å². The maximum atomic E-state index is 3.63. The minimum atomic E-state index is 0.749. The van der Waals surface area contributed by atoms with Crippen molar-refractivity contribution >= 4 is 0 Å². The van der Waals surface area contributed by atoms with Crippen LogP contribution in [0.4, 0.5) is 0 Å². The molecule has 0 bridgehead atoms. The lowest BCUT2D eigenvalue weighted by Gasteiger charge is -2.20.